The van der Waals surface area contributed by atoms with E-state index in [-0.39, 0.29) is 12.6 Å². The third-order valence-electron chi connectivity index (χ3n) is 4.55. The van der Waals surface area contributed by atoms with Crippen LogP contribution >= 0.6 is 11.8 Å². The zero-order chi connectivity index (χ0) is 20.5. The molecule has 0 spiro atoms. The number of halogens is 1. The van der Waals surface area contributed by atoms with Crippen molar-refractivity contribution in [3.8, 4) is 5.75 Å². The molecule has 1 unspecified atom stereocenters. The first-order valence-electron chi connectivity index (χ1n) is 9.73. The topological polar surface area (TPSA) is 73.6 Å². The van der Waals surface area contributed by atoms with Gasteiger partial charge in [-0.15, -0.1) is 0 Å². The first-order valence-corrected chi connectivity index (χ1v) is 10.1. The zero-order valence-electron chi connectivity index (χ0n) is 16.8. The second kappa shape index (κ2) is 11.1. The Morgan fingerprint density at radius 3 is 2.54 bits per heavy atom. The van der Waals surface area contributed by atoms with Crippen molar-refractivity contribution in [1.82, 2.24) is 9.07 Å². The van der Waals surface area contributed by atoms with Gasteiger partial charge in [-0.3, -0.25) is 0 Å². The maximum absolute atomic E-state index is 11.8. The van der Waals surface area contributed by atoms with Gasteiger partial charge in [0, 0.05) is 24.6 Å². The van der Waals surface area contributed by atoms with Gasteiger partial charge in [-0.1, -0.05) is 38.8 Å². The third kappa shape index (κ3) is 5.72. The number of rotatable bonds is 11. The lowest BCUT2D eigenvalue weighted by molar-refractivity contribution is -0.149. The molecule has 6 nitrogen and oxygen atoms in total. The van der Waals surface area contributed by atoms with Gasteiger partial charge in [-0.05, 0) is 30.5 Å². The van der Waals surface area contributed by atoms with E-state index in [0.29, 0.717) is 24.3 Å². The summed E-state index contributed by atoms with van der Waals surface area (Å²) < 4.78 is 12.1. The average molecular weight is 409 g/mol. The van der Waals surface area contributed by atoms with Crippen LogP contribution in [-0.4, -0.2) is 33.4 Å². The molecular weight excluding hydrogens is 380 g/mol. The number of hydrogen-bond acceptors (Lipinski definition) is 5. The highest BCUT2D eigenvalue weighted by atomic mass is 35.5. The molecule has 0 saturated heterocycles. The predicted octanol–water partition coefficient (Wildman–Crippen LogP) is 4.03. The number of aromatic nitrogens is 2. The Morgan fingerprint density at radius 2 is 1.96 bits per heavy atom. The van der Waals surface area contributed by atoms with Crippen LogP contribution in [0.25, 0.3) is 0 Å². The van der Waals surface area contributed by atoms with E-state index in [1.165, 1.54) is 7.11 Å². The quantitative estimate of drug-likeness (QED) is 0.568. The molecule has 0 aliphatic carbocycles. The molecule has 1 atom stereocenters. The molecule has 0 saturated carbocycles. The molecule has 0 aliphatic rings. The standard InChI is InChI=1S/C21H29ClN2O4/c1-4-6-8-20-23-17(14-25)18(24(20)22)13-15-9-11-16(12-10-15)28-19(7-5-2)21(26)27-3/h9-12,19,25H,4-8,13-14H2,1-3H3. The second-order valence-corrected chi connectivity index (χ2v) is 7.04. The van der Waals surface area contributed by atoms with Crippen LogP contribution in [0.3, 0.4) is 0 Å². The summed E-state index contributed by atoms with van der Waals surface area (Å²) in [4.78, 5) is 16.3. The first-order chi connectivity index (χ1) is 13.5. The number of carbonyl (C=O) groups excluding carboxylic acids is 1. The van der Waals surface area contributed by atoms with E-state index in [4.69, 9.17) is 21.3 Å². The van der Waals surface area contributed by atoms with Gasteiger partial charge in [0.1, 0.15) is 11.6 Å². The fourth-order valence-electron chi connectivity index (χ4n) is 2.98. The van der Waals surface area contributed by atoms with E-state index < -0.39 is 6.10 Å². The van der Waals surface area contributed by atoms with Crippen LogP contribution in [-0.2, 0) is 29.0 Å². The van der Waals surface area contributed by atoms with E-state index in [1.54, 1.807) is 4.09 Å². The first kappa shape index (κ1) is 22.2. The van der Waals surface area contributed by atoms with Gasteiger partial charge in [0.05, 0.1) is 25.1 Å². The Bertz CT molecular complexity index is 759. The highest BCUT2D eigenvalue weighted by Gasteiger charge is 2.20. The monoisotopic (exact) mass is 408 g/mol. The number of carbonyl (C=O) groups is 1. The molecule has 0 fully saturated rings. The number of hydrogen-bond donors (Lipinski definition) is 1. The smallest absolute Gasteiger partial charge is 0.347 e. The summed E-state index contributed by atoms with van der Waals surface area (Å²) >= 11 is 6.45. The number of aliphatic hydroxyl groups is 1. The lowest BCUT2D eigenvalue weighted by Crippen LogP contribution is -2.28. The number of nitrogens with zero attached hydrogens (tertiary/aromatic N) is 2. The number of aryl methyl sites for hydroxylation is 1. The van der Waals surface area contributed by atoms with E-state index in [9.17, 15) is 9.90 Å². The Kier molecular flexibility index (Phi) is 8.80. The summed E-state index contributed by atoms with van der Waals surface area (Å²) in [5.41, 5.74) is 2.41. The molecule has 154 valence electrons. The summed E-state index contributed by atoms with van der Waals surface area (Å²) in [5, 5.41) is 9.63. The number of methoxy groups -OCH3 is 1. The second-order valence-electron chi connectivity index (χ2n) is 6.70. The van der Waals surface area contributed by atoms with Crippen molar-refractivity contribution in [3.05, 3.63) is 47.0 Å². The van der Waals surface area contributed by atoms with Crippen LogP contribution in [0.4, 0.5) is 0 Å². The van der Waals surface area contributed by atoms with Crippen LogP contribution in [0.5, 0.6) is 5.75 Å². The Hall–Kier alpha value is -2.05. The molecule has 7 heteroatoms. The third-order valence-corrected chi connectivity index (χ3v) is 4.95. The molecule has 1 aromatic carbocycles. The van der Waals surface area contributed by atoms with Gasteiger partial charge in [0.25, 0.3) is 0 Å². The molecule has 2 aromatic rings. The summed E-state index contributed by atoms with van der Waals surface area (Å²) in [6.45, 7) is 3.96. The number of esters is 1. The number of benzene rings is 1. The van der Waals surface area contributed by atoms with Crippen molar-refractivity contribution in [2.24, 2.45) is 0 Å². The van der Waals surface area contributed by atoms with E-state index >= 15 is 0 Å². The fraction of sp³-hybridized carbons (Fsp3) is 0.524. The van der Waals surface area contributed by atoms with E-state index in [1.807, 2.05) is 31.2 Å². The van der Waals surface area contributed by atoms with Gasteiger partial charge in [-0.2, -0.15) is 0 Å². The Balaban J connectivity index is 2.12. The molecule has 1 heterocycles. The van der Waals surface area contributed by atoms with Crippen LogP contribution in [0, 0.1) is 0 Å². The SMILES string of the molecule is CCCCc1nc(CO)c(Cc2ccc(OC(CCC)C(=O)OC)cc2)n1Cl. The number of unbranched alkanes of at least 4 members (excludes halogenated alkanes) is 1. The van der Waals surface area contributed by atoms with Crippen LogP contribution < -0.4 is 4.74 Å². The predicted molar refractivity (Wildman–Crippen MR) is 109 cm³/mol. The minimum absolute atomic E-state index is 0.146. The van der Waals surface area contributed by atoms with Gasteiger partial charge in [-0.25, -0.2) is 13.9 Å². The summed E-state index contributed by atoms with van der Waals surface area (Å²) in [6.07, 6.45) is 4.20. The Labute approximate surface area is 171 Å². The molecule has 1 aromatic heterocycles. The summed E-state index contributed by atoms with van der Waals surface area (Å²) in [7, 11) is 1.36. The largest absolute Gasteiger partial charge is 0.479 e. The van der Waals surface area contributed by atoms with Crippen molar-refractivity contribution in [1.29, 1.82) is 0 Å². The van der Waals surface area contributed by atoms with Gasteiger partial charge in [0.15, 0.2) is 6.10 Å². The number of imidazole rings is 1. The van der Waals surface area contributed by atoms with Crippen LogP contribution in [0.2, 0.25) is 0 Å². The number of aliphatic hydroxyl groups excluding tert-OH is 1. The number of ether oxygens (including phenoxy) is 2. The van der Waals surface area contributed by atoms with Crippen LogP contribution in [0.15, 0.2) is 24.3 Å². The van der Waals surface area contributed by atoms with Crippen molar-refractivity contribution >= 4 is 17.7 Å². The minimum Gasteiger partial charge on any atom is -0.479 e. The van der Waals surface area contributed by atoms with E-state index in [0.717, 1.165) is 42.8 Å². The van der Waals surface area contributed by atoms with Crippen molar-refractivity contribution in [2.45, 2.75) is 65.1 Å². The van der Waals surface area contributed by atoms with Crippen molar-refractivity contribution < 1.29 is 19.4 Å². The highest BCUT2D eigenvalue weighted by Crippen LogP contribution is 2.22. The maximum atomic E-state index is 11.8. The molecule has 1 N–H and O–H groups in total. The fourth-order valence-corrected chi connectivity index (χ4v) is 3.26. The molecule has 28 heavy (non-hydrogen) atoms. The molecule has 2 rings (SSSR count). The minimum atomic E-state index is -0.604. The van der Waals surface area contributed by atoms with Gasteiger partial charge < -0.3 is 14.6 Å². The lowest BCUT2D eigenvalue weighted by Gasteiger charge is -2.16. The van der Waals surface area contributed by atoms with Crippen molar-refractivity contribution in [2.75, 3.05) is 7.11 Å². The summed E-state index contributed by atoms with van der Waals surface area (Å²) in [6, 6.07) is 7.50. The van der Waals surface area contributed by atoms with Crippen LogP contribution in [0.1, 0.15) is 62.3 Å². The van der Waals surface area contributed by atoms with E-state index in [2.05, 4.69) is 11.9 Å². The Morgan fingerprint density at radius 1 is 1.25 bits per heavy atom. The van der Waals surface area contributed by atoms with Gasteiger partial charge in [0.2, 0.25) is 0 Å². The van der Waals surface area contributed by atoms with Crippen molar-refractivity contribution in [3.63, 3.8) is 0 Å². The zero-order valence-corrected chi connectivity index (χ0v) is 17.5. The maximum Gasteiger partial charge on any atom is 0.347 e. The normalized spacial score (nSPS) is 12.0. The molecule has 0 amide bonds. The highest BCUT2D eigenvalue weighted by molar-refractivity contribution is 6.16. The average Bonchev–Trinajstić information content (AvgIpc) is 3.01. The molecular formula is C21H29ClN2O4. The van der Waals surface area contributed by atoms with Gasteiger partial charge >= 0.3 is 5.97 Å². The summed E-state index contributed by atoms with van der Waals surface area (Å²) in [5.74, 6) is 1.02. The lowest BCUT2D eigenvalue weighted by atomic mass is 10.1. The molecule has 0 radical (unpaired) electrons. The molecule has 0 aliphatic heterocycles. The molecule has 0 bridgehead atoms.